The Labute approximate surface area is 223 Å². The van der Waals surface area contributed by atoms with Crippen molar-refractivity contribution in [1.82, 2.24) is 14.8 Å². The summed E-state index contributed by atoms with van der Waals surface area (Å²) in [6, 6.07) is 6.40. The molecule has 4 rings (SSSR count). The standard InChI is InChI=1S/C29H35N3O6/c1-18(2)7-6-8-21-11-23-27(30-13-21)38-26(19(3)14-32(29(23)35)20(4)16-33)15-31(5)28(34)22-9-10-24-25(12-22)37-17-36-24/h9-13,18-20,26,33H,7,14-17H2,1-5H3/t19-,20-,26-/m0/s1. The second-order valence-electron chi connectivity index (χ2n) is 10.4. The van der Waals surface area contributed by atoms with Crippen molar-refractivity contribution < 1.29 is 28.9 Å². The lowest BCUT2D eigenvalue weighted by molar-refractivity contribution is 0.0313. The van der Waals surface area contributed by atoms with Crippen molar-refractivity contribution >= 4 is 11.8 Å². The average Bonchev–Trinajstić information content (AvgIpc) is 3.37. The predicted octanol–water partition coefficient (Wildman–Crippen LogP) is 3.20. The number of aromatic nitrogens is 1. The summed E-state index contributed by atoms with van der Waals surface area (Å²) in [6.45, 7) is 8.52. The number of pyridine rings is 1. The topological polar surface area (TPSA) is 101 Å². The summed E-state index contributed by atoms with van der Waals surface area (Å²) in [5, 5.41) is 9.87. The van der Waals surface area contributed by atoms with E-state index in [-0.39, 0.29) is 43.6 Å². The van der Waals surface area contributed by atoms with Crippen LogP contribution in [-0.4, -0.2) is 77.4 Å². The minimum atomic E-state index is -0.455. The number of benzene rings is 1. The molecule has 0 saturated carbocycles. The van der Waals surface area contributed by atoms with Crippen LogP contribution < -0.4 is 14.2 Å². The zero-order chi connectivity index (χ0) is 27.4. The first-order valence-electron chi connectivity index (χ1n) is 12.9. The van der Waals surface area contributed by atoms with E-state index in [9.17, 15) is 14.7 Å². The third-order valence-electron chi connectivity index (χ3n) is 6.68. The second-order valence-corrected chi connectivity index (χ2v) is 10.4. The number of carbonyl (C=O) groups is 2. The largest absolute Gasteiger partial charge is 0.472 e. The molecule has 1 N–H and O–H groups in total. The van der Waals surface area contributed by atoms with E-state index in [0.29, 0.717) is 40.7 Å². The van der Waals surface area contributed by atoms with Crippen LogP contribution in [0.3, 0.4) is 0 Å². The first kappa shape index (κ1) is 27.3. The predicted molar refractivity (Wildman–Crippen MR) is 141 cm³/mol. The highest BCUT2D eigenvalue weighted by Crippen LogP contribution is 2.33. The average molecular weight is 522 g/mol. The van der Waals surface area contributed by atoms with Crippen LogP contribution in [0.4, 0.5) is 0 Å². The van der Waals surface area contributed by atoms with Gasteiger partial charge in [0.2, 0.25) is 12.7 Å². The third-order valence-corrected chi connectivity index (χ3v) is 6.68. The molecule has 9 nitrogen and oxygen atoms in total. The summed E-state index contributed by atoms with van der Waals surface area (Å²) < 4.78 is 17.1. The molecule has 2 aromatic rings. The highest BCUT2D eigenvalue weighted by molar-refractivity contribution is 5.97. The fourth-order valence-corrected chi connectivity index (χ4v) is 4.35. The van der Waals surface area contributed by atoms with Gasteiger partial charge in [0.25, 0.3) is 11.8 Å². The van der Waals surface area contributed by atoms with E-state index in [1.165, 1.54) is 0 Å². The number of likely N-dealkylation sites (N-methyl/N-ethyl adjacent to an activating group) is 1. The van der Waals surface area contributed by atoms with Crippen molar-refractivity contribution in [3.63, 3.8) is 0 Å². The van der Waals surface area contributed by atoms with Crippen molar-refractivity contribution in [1.29, 1.82) is 0 Å². The molecular formula is C29H35N3O6. The van der Waals surface area contributed by atoms with Crippen molar-refractivity contribution in [2.45, 2.75) is 46.3 Å². The Kier molecular flexibility index (Phi) is 8.42. The number of aliphatic hydroxyl groups excluding tert-OH is 1. The molecule has 2 aliphatic heterocycles. The van der Waals surface area contributed by atoms with Gasteiger partial charge in [-0.25, -0.2) is 4.98 Å². The van der Waals surface area contributed by atoms with Gasteiger partial charge in [0.05, 0.1) is 19.2 Å². The van der Waals surface area contributed by atoms with Crippen LogP contribution in [0.25, 0.3) is 0 Å². The van der Waals surface area contributed by atoms with Crippen molar-refractivity contribution in [2.75, 3.05) is 33.5 Å². The number of aliphatic hydroxyl groups is 1. The van der Waals surface area contributed by atoms with E-state index in [4.69, 9.17) is 14.2 Å². The van der Waals surface area contributed by atoms with Crippen LogP contribution in [-0.2, 0) is 0 Å². The summed E-state index contributed by atoms with van der Waals surface area (Å²) in [6.07, 6.45) is 1.88. The molecule has 3 atom stereocenters. The van der Waals surface area contributed by atoms with Crippen LogP contribution in [0, 0.1) is 23.7 Å². The maximum absolute atomic E-state index is 13.5. The van der Waals surface area contributed by atoms with Crippen LogP contribution in [0.1, 0.15) is 60.4 Å². The molecule has 0 bridgehead atoms. The molecule has 0 unspecified atom stereocenters. The molecule has 202 valence electrons. The van der Waals surface area contributed by atoms with Crippen LogP contribution in [0.5, 0.6) is 17.4 Å². The SMILES string of the molecule is CC(C)CC#Cc1cnc2c(c1)C(=O)N([C@@H](C)CO)C[C@H](C)[C@H](CN(C)C(=O)c1ccc3c(c1)OCO3)O2. The van der Waals surface area contributed by atoms with E-state index in [2.05, 4.69) is 30.7 Å². The molecule has 1 aromatic heterocycles. The summed E-state index contributed by atoms with van der Waals surface area (Å²) in [5.41, 5.74) is 1.39. The van der Waals surface area contributed by atoms with E-state index in [0.717, 1.165) is 6.42 Å². The summed E-state index contributed by atoms with van der Waals surface area (Å²) in [7, 11) is 1.71. The Bertz CT molecular complexity index is 1250. The summed E-state index contributed by atoms with van der Waals surface area (Å²) >= 11 is 0. The fourth-order valence-electron chi connectivity index (χ4n) is 4.35. The molecule has 0 fully saturated rings. The Morgan fingerprint density at radius 1 is 1.24 bits per heavy atom. The normalized spacial score (nSPS) is 19.0. The quantitative estimate of drug-likeness (QED) is 0.583. The zero-order valence-corrected chi connectivity index (χ0v) is 22.6. The van der Waals surface area contributed by atoms with E-state index in [1.807, 2.05) is 6.92 Å². The number of nitrogens with zero attached hydrogens (tertiary/aromatic N) is 3. The van der Waals surface area contributed by atoms with Crippen molar-refractivity contribution in [3.8, 4) is 29.2 Å². The van der Waals surface area contributed by atoms with Gasteiger partial charge in [0, 0.05) is 43.3 Å². The number of fused-ring (bicyclic) bond motifs is 2. The molecule has 0 radical (unpaired) electrons. The van der Waals surface area contributed by atoms with Crippen molar-refractivity contribution in [3.05, 3.63) is 47.2 Å². The number of carbonyl (C=O) groups excluding carboxylic acids is 2. The Morgan fingerprint density at radius 2 is 2.00 bits per heavy atom. The lowest BCUT2D eigenvalue weighted by Gasteiger charge is -2.37. The van der Waals surface area contributed by atoms with Gasteiger partial charge in [0.1, 0.15) is 11.7 Å². The maximum Gasteiger partial charge on any atom is 0.259 e. The number of hydrogen-bond acceptors (Lipinski definition) is 7. The minimum absolute atomic E-state index is 0.134. The molecule has 9 heteroatoms. The Balaban J connectivity index is 1.60. The molecule has 0 spiro atoms. The van der Waals surface area contributed by atoms with Gasteiger partial charge < -0.3 is 29.1 Å². The van der Waals surface area contributed by atoms with Gasteiger partial charge in [-0.15, -0.1) is 0 Å². The lowest BCUT2D eigenvalue weighted by Crippen LogP contribution is -2.50. The number of hydrogen-bond donors (Lipinski definition) is 1. The smallest absolute Gasteiger partial charge is 0.259 e. The molecular weight excluding hydrogens is 486 g/mol. The van der Waals surface area contributed by atoms with Gasteiger partial charge >= 0.3 is 0 Å². The Hall–Kier alpha value is -3.77. The molecule has 0 aliphatic carbocycles. The van der Waals surface area contributed by atoms with Crippen LogP contribution in [0.15, 0.2) is 30.5 Å². The van der Waals surface area contributed by atoms with Gasteiger partial charge in [0.15, 0.2) is 11.5 Å². The second kappa shape index (κ2) is 11.7. The summed E-state index contributed by atoms with van der Waals surface area (Å²) in [5.74, 6) is 7.38. The lowest BCUT2D eigenvalue weighted by atomic mass is 9.99. The van der Waals surface area contributed by atoms with E-state index < -0.39 is 12.1 Å². The summed E-state index contributed by atoms with van der Waals surface area (Å²) in [4.78, 5) is 34.5. The molecule has 3 heterocycles. The number of ether oxygens (including phenoxy) is 3. The Morgan fingerprint density at radius 3 is 2.74 bits per heavy atom. The monoisotopic (exact) mass is 521 g/mol. The zero-order valence-electron chi connectivity index (χ0n) is 22.6. The fraction of sp³-hybridized carbons (Fsp3) is 0.483. The van der Waals surface area contributed by atoms with Crippen molar-refractivity contribution in [2.24, 2.45) is 11.8 Å². The molecule has 2 aliphatic rings. The van der Waals surface area contributed by atoms with E-state index >= 15 is 0 Å². The highest BCUT2D eigenvalue weighted by atomic mass is 16.7. The molecule has 1 aromatic carbocycles. The van der Waals surface area contributed by atoms with Gasteiger partial charge in [-0.2, -0.15) is 0 Å². The van der Waals surface area contributed by atoms with Gasteiger partial charge in [-0.05, 0) is 37.1 Å². The highest BCUT2D eigenvalue weighted by Gasteiger charge is 2.35. The number of amides is 2. The number of rotatable bonds is 6. The van der Waals surface area contributed by atoms with E-state index in [1.54, 1.807) is 54.2 Å². The maximum atomic E-state index is 13.5. The van der Waals surface area contributed by atoms with Crippen LogP contribution in [0.2, 0.25) is 0 Å². The molecule has 2 amide bonds. The molecule has 38 heavy (non-hydrogen) atoms. The first-order valence-corrected chi connectivity index (χ1v) is 12.9. The van der Waals surface area contributed by atoms with Crippen LogP contribution >= 0.6 is 0 Å². The van der Waals surface area contributed by atoms with Gasteiger partial charge in [-0.3, -0.25) is 9.59 Å². The molecule has 0 saturated heterocycles. The third kappa shape index (κ3) is 6.03. The first-order chi connectivity index (χ1) is 18.2. The minimum Gasteiger partial charge on any atom is -0.472 e. The van der Waals surface area contributed by atoms with Gasteiger partial charge in [-0.1, -0.05) is 32.6 Å².